The number of unbranched alkanes of at least 4 members (excludes halogenated alkanes) is 2. The average molecular weight is 421 g/mol. The molecule has 5 nitrogen and oxygen atoms in total. The van der Waals surface area contributed by atoms with Crippen molar-refractivity contribution in [3.63, 3.8) is 0 Å². The lowest BCUT2D eigenvalue weighted by atomic mass is 9.71. The van der Waals surface area contributed by atoms with E-state index in [9.17, 15) is 4.79 Å². The quantitative estimate of drug-likeness (QED) is 0.360. The fraction of sp³-hybridized carbons (Fsp3) is 0.880. The Balaban J connectivity index is 1.38. The van der Waals surface area contributed by atoms with Crippen molar-refractivity contribution >= 4 is 5.78 Å². The second kappa shape index (κ2) is 11.2. The molecule has 0 aromatic rings. The van der Waals surface area contributed by atoms with Gasteiger partial charge < -0.3 is 18.9 Å². The first-order valence-electron chi connectivity index (χ1n) is 12.5. The van der Waals surface area contributed by atoms with E-state index in [1.54, 1.807) is 0 Å². The Hall–Kier alpha value is -0.750. The van der Waals surface area contributed by atoms with Crippen LogP contribution in [-0.4, -0.2) is 43.8 Å². The Bertz CT molecular complexity index is 564. The molecule has 2 aliphatic heterocycles. The van der Waals surface area contributed by atoms with Gasteiger partial charge in [-0.05, 0) is 57.3 Å². The van der Waals surface area contributed by atoms with Crippen LogP contribution in [-0.2, 0) is 23.7 Å². The summed E-state index contributed by atoms with van der Waals surface area (Å²) >= 11 is 0. The van der Waals surface area contributed by atoms with Crippen molar-refractivity contribution in [2.75, 3.05) is 13.2 Å². The van der Waals surface area contributed by atoms with E-state index in [2.05, 4.69) is 19.1 Å². The van der Waals surface area contributed by atoms with Crippen LogP contribution in [0.25, 0.3) is 0 Å². The van der Waals surface area contributed by atoms with E-state index >= 15 is 0 Å². The zero-order valence-corrected chi connectivity index (χ0v) is 18.6. The molecule has 0 N–H and O–H groups in total. The third-order valence-electron chi connectivity index (χ3n) is 7.35. The molecule has 0 aromatic carbocycles. The van der Waals surface area contributed by atoms with Gasteiger partial charge >= 0.3 is 0 Å². The van der Waals surface area contributed by atoms with Gasteiger partial charge in [-0.2, -0.15) is 0 Å². The number of ketones is 1. The Morgan fingerprint density at radius 2 is 1.83 bits per heavy atom. The highest BCUT2D eigenvalue weighted by Crippen LogP contribution is 2.50. The van der Waals surface area contributed by atoms with Crippen LogP contribution in [0.5, 0.6) is 0 Å². The van der Waals surface area contributed by atoms with Crippen molar-refractivity contribution in [2.24, 2.45) is 17.8 Å². The minimum atomic E-state index is -0.0977. The number of carbonyl (C=O) groups excluding carboxylic acids is 1. The number of Topliss-reactive ketones (excluding diaryl/α,β-unsaturated/α-hetero) is 1. The molecule has 170 valence electrons. The maximum atomic E-state index is 12.1. The highest BCUT2D eigenvalue weighted by molar-refractivity contribution is 5.88. The lowest BCUT2D eigenvalue weighted by molar-refractivity contribution is -0.192. The van der Waals surface area contributed by atoms with Gasteiger partial charge in [0.05, 0.1) is 12.2 Å². The lowest BCUT2D eigenvalue weighted by Crippen LogP contribution is -2.36. The summed E-state index contributed by atoms with van der Waals surface area (Å²) in [5.74, 6) is 1.34. The van der Waals surface area contributed by atoms with Crippen molar-refractivity contribution in [1.82, 2.24) is 0 Å². The first kappa shape index (κ1) is 22.4. The summed E-state index contributed by atoms with van der Waals surface area (Å²) in [7, 11) is 0. The summed E-state index contributed by atoms with van der Waals surface area (Å²) in [6.07, 6.45) is 17.3. The fourth-order valence-electron chi connectivity index (χ4n) is 5.50. The van der Waals surface area contributed by atoms with E-state index in [1.807, 2.05) is 0 Å². The van der Waals surface area contributed by atoms with Crippen LogP contribution >= 0.6 is 0 Å². The normalized spacial score (nSPS) is 37.8. The van der Waals surface area contributed by atoms with E-state index in [0.29, 0.717) is 24.0 Å². The largest absolute Gasteiger partial charge is 0.353 e. The van der Waals surface area contributed by atoms with Crippen LogP contribution in [0.2, 0.25) is 0 Å². The number of rotatable bonds is 10. The summed E-state index contributed by atoms with van der Waals surface area (Å²) in [4.78, 5) is 12.1. The van der Waals surface area contributed by atoms with Gasteiger partial charge in [0.1, 0.15) is 5.78 Å². The molecule has 0 radical (unpaired) electrons. The van der Waals surface area contributed by atoms with Gasteiger partial charge in [-0.15, -0.1) is 0 Å². The van der Waals surface area contributed by atoms with Crippen LogP contribution < -0.4 is 0 Å². The van der Waals surface area contributed by atoms with Gasteiger partial charge in [0, 0.05) is 31.5 Å². The molecule has 2 heterocycles. The van der Waals surface area contributed by atoms with Crippen LogP contribution in [0.4, 0.5) is 0 Å². The molecular formula is C25H40O5. The van der Waals surface area contributed by atoms with Crippen LogP contribution in [0.15, 0.2) is 12.2 Å². The highest BCUT2D eigenvalue weighted by Gasteiger charge is 2.53. The Labute approximate surface area is 181 Å². The molecule has 4 rings (SSSR count). The van der Waals surface area contributed by atoms with E-state index in [4.69, 9.17) is 18.9 Å². The van der Waals surface area contributed by atoms with Crippen molar-refractivity contribution in [2.45, 2.75) is 109 Å². The minimum Gasteiger partial charge on any atom is -0.353 e. The summed E-state index contributed by atoms with van der Waals surface area (Å²) in [6, 6.07) is 0. The zero-order valence-electron chi connectivity index (χ0n) is 18.6. The summed E-state index contributed by atoms with van der Waals surface area (Å²) in [5, 5.41) is 0. The van der Waals surface area contributed by atoms with E-state index < -0.39 is 0 Å². The number of fused-ring (bicyclic) bond motifs is 1. The predicted molar refractivity (Wildman–Crippen MR) is 115 cm³/mol. The zero-order chi connectivity index (χ0) is 20.8. The molecule has 4 fully saturated rings. The smallest absolute Gasteiger partial charge is 0.158 e. The van der Waals surface area contributed by atoms with E-state index in [-0.39, 0.29) is 30.7 Å². The average Bonchev–Trinajstić information content (AvgIpc) is 3.05. The molecule has 5 heteroatoms. The maximum Gasteiger partial charge on any atom is 0.158 e. The fourth-order valence-corrected chi connectivity index (χ4v) is 5.50. The van der Waals surface area contributed by atoms with Gasteiger partial charge in [0.25, 0.3) is 0 Å². The van der Waals surface area contributed by atoms with Crippen LogP contribution in [0.1, 0.15) is 84.0 Å². The first-order chi connectivity index (χ1) is 14.7. The molecule has 0 aromatic heterocycles. The number of ether oxygens (including phenoxy) is 4. The van der Waals surface area contributed by atoms with Crippen molar-refractivity contribution in [3.05, 3.63) is 12.2 Å². The molecule has 2 aliphatic carbocycles. The van der Waals surface area contributed by atoms with Gasteiger partial charge in [-0.25, -0.2) is 0 Å². The van der Waals surface area contributed by atoms with Crippen LogP contribution in [0.3, 0.4) is 0 Å². The summed E-state index contributed by atoms with van der Waals surface area (Å²) < 4.78 is 24.4. The molecule has 2 saturated heterocycles. The maximum absolute atomic E-state index is 12.1. The molecule has 7 atom stereocenters. The SMILES string of the molecule is CCCCCC(/C=C/[C@H]1[C@@H]2CC(=O)[C@@H]2C[C@@H]1OC1CCCCO1)OC1CCCCO1. The van der Waals surface area contributed by atoms with Crippen molar-refractivity contribution in [1.29, 1.82) is 0 Å². The minimum absolute atomic E-state index is 0.0701. The van der Waals surface area contributed by atoms with Crippen molar-refractivity contribution < 1.29 is 23.7 Å². The molecule has 4 aliphatic rings. The van der Waals surface area contributed by atoms with Gasteiger partial charge in [0.2, 0.25) is 0 Å². The molecular weight excluding hydrogens is 380 g/mol. The second-order valence-electron chi connectivity index (χ2n) is 9.58. The highest BCUT2D eigenvalue weighted by atomic mass is 16.7. The third kappa shape index (κ3) is 5.73. The molecule has 3 unspecified atom stereocenters. The number of hydrogen-bond acceptors (Lipinski definition) is 5. The molecule has 2 saturated carbocycles. The monoisotopic (exact) mass is 420 g/mol. The van der Waals surface area contributed by atoms with E-state index in [0.717, 1.165) is 51.7 Å². The van der Waals surface area contributed by atoms with Crippen LogP contribution in [0, 0.1) is 17.8 Å². The first-order valence-corrected chi connectivity index (χ1v) is 12.5. The number of carbonyl (C=O) groups is 1. The Morgan fingerprint density at radius 3 is 2.50 bits per heavy atom. The summed E-state index contributed by atoms with van der Waals surface area (Å²) in [6.45, 7) is 3.83. The third-order valence-corrected chi connectivity index (χ3v) is 7.35. The predicted octanol–water partition coefficient (Wildman–Crippen LogP) is 5.17. The van der Waals surface area contributed by atoms with Gasteiger partial charge in [0.15, 0.2) is 12.6 Å². The topological polar surface area (TPSA) is 54.0 Å². The summed E-state index contributed by atoms with van der Waals surface area (Å²) in [5.41, 5.74) is 0. The molecule has 0 bridgehead atoms. The van der Waals surface area contributed by atoms with E-state index in [1.165, 1.54) is 32.1 Å². The Morgan fingerprint density at radius 1 is 1.07 bits per heavy atom. The second-order valence-corrected chi connectivity index (χ2v) is 9.58. The Kier molecular flexibility index (Phi) is 8.39. The lowest BCUT2D eigenvalue weighted by Gasteiger charge is -2.32. The van der Waals surface area contributed by atoms with Crippen molar-refractivity contribution in [3.8, 4) is 0 Å². The van der Waals surface area contributed by atoms with Gasteiger partial charge in [-0.1, -0.05) is 38.3 Å². The number of hydrogen-bond donors (Lipinski definition) is 0. The van der Waals surface area contributed by atoms with Gasteiger partial charge in [-0.3, -0.25) is 4.79 Å². The molecule has 30 heavy (non-hydrogen) atoms. The standard InChI is InChI=1S/C25H40O5/c1-2-3-4-9-18(29-24-10-5-7-14-27-24)12-13-19-20-16-22(26)21(20)17-23(19)30-25-11-6-8-15-28-25/h12-13,18-21,23-25H,2-11,14-17H2,1H3/b13-12+/t18?,19-,20-,21+,23-,24?,25?/m0/s1. The molecule has 0 amide bonds. The molecule has 0 spiro atoms.